The van der Waals surface area contributed by atoms with Crippen LogP contribution in [0.2, 0.25) is 0 Å². The largest absolute Gasteiger partial charge is 0.377 e. The van der Waals surface area contributed by atoms with Gasteiger partial charge < -0.3 is 10.1 Å². The van der Waals surface area contributed by atoms with Gasteiger partial charge in [0.1, 0.15) is 9.86 Å². The molecule has 2 aromatic heterocycles. The summed E-state index contributed by atoms with van der Waals surface area (Å²) in [5.74, 6) is 0.694. The van der Waals surface area contributed by atoms with E-state index in [1.807, 2.05) is 18.8 Å². The first kappa shape index (κ1) is 12.2. The summed E-state index contributed by atoms with van der Waals surface area (Å²) in [4.78, 5) is 10.1. The smallest absolute Gasteiger partial charge is 0.224 e. The predicted molar refractivity (Wildman–Crippen MR) is 76.6 cm³/mol. The number of ether oxygens (including phenoxy) is 1. The zero-order chi connectivity index (χ0) is 12.5. The van der Waals surface area contributed by atoms with E-state index < -0.39 is 0 Å². The molecule has 2 atom stereocenters. The second-order valence-electron chi connectivity index (χ2n) is 4.26. The minimum Gasteiger partial charge on any atom is -0.377 e. The number of aromatic nitrogens is 2. The van der Waals surface area contributed by atoms with E-state index >= 15 is 0 Å². The van der Waals surface area contributed by atoms with Crippen molar-refractivity contribution >= 4 is 39.3 Å². The van der Waals surface area contributed by atoms with E-state index in [1.54, 1.807) is 11.3 Å². The summed E-state index contributed by atoms with van der Waals surface area (Å²) >= 11 is 3.47. The van der Waals surface area contributed by atoms with Gasteiger partial charge in [-0.1, -0.05) is 11.8 Å². The number of hydrogen-bond acceptors (Lipinski definition) is 6. The molecule has 4 nitrogen and oxygen atoms in total. The van der Waals surface area contributed by atoms with Crippen molar-refractivity contribution in [1.29, 1.82) is 0 Å². The summed E-state index contributed by atoms with van der Waals surface area (Å²) in [5, 5.41) is 7.80. The molecule has 96 valence electrons. The monoisotopic (exact) mass is 281 g/mol. The molecule has 0 radical (unpaired) electrons. The topological polar surface area (TPSA) is 47.0 Å². The van der Waals surface area contributed by atoms with E-state index in [0.717, 1.165) is 28.3 Å². The fraction of sp³-hybridized carbons (Fsp3) is 0.500. The van der Waals surface area contributed by atoms with Crippen LogP contribution in [0.5, 0.6) is 0 Å². The normalized spacial score (nSPS) is 23.7. The SMILES string of the molecule is CNc1nc(SC2CCOC2C)c2ccsc2n1. The molecule has 2 aromatic rings. The molecule has 1 saturated heterocycles. The molecule has 3 heterocycles. The number of rotatable bonds is 3. The van der Waals surface area contributed by atoms with E-state index in [-0.39, 0.29) is 0 Å². The van der Waals surface area contributed by atoms with Crippen LogP contribution in [-0.2, 0) is 4.74 Å². The minimum atomic E-state index is 0.302. The molecule has 0 spiro atoms. The maximum atomic E-state index is 5.61. The lowest BCUT2D eigenvalue weighted by Crippen LogP contribution is -2.13. The Bertz CT molecular complexity index is 557. The third-order valence-corrected chi connectivity index (χ3v) is 5.35. The number of nitrogens with one attached hydrogen (secondary N) is 1. The number of fused-ring (bicyclic) bond motifs is 1. The highest BCUT2D eigenvalue weighted by Crippen LogP contribution is 2.36. The van der Waals surface area contributed by atoms with Gasteiger partial charge >= 0.3 is 0 Å². The van der Waals surface area contributed by atoms with E-state index in [2.05, 4.69) is 33.7 Å². The summed E-state index contributed by atoms with van der Waals surface area (Å²) in [6, 6.07) is 2.10. The zero-order valence-electron chi connectivity index (χ0n) is 10.3. The summed E-state index contributed by atoms with van der Waals surface area (Å²) < 4.78 is 5.61. The van der Waals surface area contributed by atoms with E-state index in [9.17, 15) is 0 Å². The summed E-state index contributed by atoms with van der Waals surface area (Å²) in [6.45, 7) is 2.99. The van der Waals surface area contributed by atoms with E-state index in [0.29, 0.717) is 17.3 Å². The highest BCUT2D eigenvalue weighted by Gasteiger charge is 2.26. The van der Waals surface area contributed by atoms with Gasteiger partial charge in [-0.3, -0.25) is 0 Å². The van der Waals surface area contributed by atoms with Crippen molar-refractivity contribution in [1.82, 2.24) is 9.97 Å². The van der Waals surface area contributed by atoms with Crippen molar-refractivity contribution in [2.75, 3.05) is 19.0 Å². The average Bonchev–Trinajstić information content (AvgIpc) is 2.98. The standard InChI is InChI=1S/C12H15N3OS2/c1-7-9(3-5-16-7)18-11-8-4-6-17-10(8)14-12(13-2)15-11/h4,6-7,9H,3,5H2,1-2H3,(H,13,14,15). The van der Waals surface area contributed by atoms with Crippen LogP contribution >= 0.6 is 23.1 Å². The fourth-order valence-electron chi connectivity index (χ4n) is 2.04. The molecule has 2 unspecified atom stereocenters. The molecule has 18 heavy (non-hydrogen) atoms. The molecule has 1 N–H and O–H groups in total. The molecule has 1 fully saturated rings. The van der Waals surface area contributed by atoms with Crippen molar-refractivity contribution in [2.24, 2.45) is 0 Å². The first-order chi connectivity index (χ1) is 8.78. The van der Waals surface area contributed by atoms with Crippen molar-refractivity contribution in [3.63, 3.8) is 0 Å². The van der Waals surface area contributed by atoms with Gasteiger partial charge in [0.15, 0.2) is 0 Å². The third kappa shape index (κ3) is 2.20. The van der Waals surface area contributed by atoms with Gasteiger partial charge in [0.25, 0.3) is 0 Å². The molecular formula is C12H15N3OS2. The minimum absolute atomic E-state index is 0.302. The first-order valence-electron chi connectivity index (χ1n) is 5.99. The summed E-state index contributed by atoms with van der Waals surface area (Å²) in [6.07, 6.45) is 1.40. The van der Waals surface area contributed by atoms with Gasteiger partial charge in [-0.25, -0.2) is 9.97 Å². The molecule has 1 aliphatic heterocycles. The maximum absolute atomic E-state index is 5.61. The van der Waals surface area contributed by atoms with Crippen molar-refractivity contribution in [2.45, 2.75) is 29.7 Å². The van der Waals surface area contributed by atoms with Crippen molar-refractivity contribution < 1.29 is 4.74 Å². The van der Waals surface area contributed by atoms with Gasteiger partial charge in [-0.15, -0.1) is 11.3 Å². The lowest BCUT2D eigenvalue weighted by Gasteiger charge is -2.13. The Morgan fingerprint density at radius 2 is 2.39 bits per heavy atom. The molecule has 1 aliphatic rings. The van der Waals surface area contributed by atoms with Gasteiger partial charge in [-0.05, 0) is 24.8 Å². The molecular weight excluding hydrogens is 266 g/mol. The number of anilines is 1. The van der Waals surface area contributed by atoms with Crippen LogP contribution in [0.25, 0.3) is 10.2 Å². The quantitative estimate of drug-likeness (QED) is 0.876. The van der Waals surface area contributed by atoms with Gasteiger partial charge in [0.05, 0.1) is 6.10 Å². The van der Waals surface area contributed by atoms with Crippen LogP contribution in [0, 0.1) is 0 Å². The highest BCUT2D eigenvalue weighted by molar-refractivity contribution is 8.00. The van der Waals surface area contributed by atoms with E-state index in [4.69, 9.17) is 4.74 Å². The molecule has 6 heteroatoms. The molecule has 0 aromatic carbocycles. The number of nitrogens with zero attached hydrogens (tertiary/aromatic N) is 2. The Balaban J connectivity index is 1.96. The Morgan fingerprint density at radius 3 is 3.11 bits per heavy atom. The van der Waals surface area contributed by atoms with Crippen molar-refractivity contribution in [3.8, 4) is 0 Å². The highest BCUT2D eigenvalue weighted by atomic mass is 32.2. The van der Waals surface area contributed by atoms with Gasteiger partial charge in [0.2, 0.25) is 5.95 Å². The summed E-state index contributed by atoms with van der Waals surface area (Å²) in [7, 11) is 1.85. The second kappa shape index (κ2) is 5.03. The van der Waals surface area contributed by atoms with Crippen LogP contribution in [0.4, 0.5) is 5.95 Å². The predicted octanol–water partition coefficient (Wildman–Crippen LogP) is 3.00. The van der Waals surface area contributed by atoms with E-state index in [1.165, 1.54) is 0 Å². The molecule has 3 rings (SSSR count). The Kier molecular flexibility index (Phi) is 3.41. The molecule has 0 saturated carbocycles. The number of thioether (sulfide) groups is 1. The van der Waals surface area contributed by atoms with Crippen LogP contribution in [0.15, 0.2) is 16.5 Å². The van der Waals surface area contributed by atoms with Crippen molar-refractivity contribution in [3.05, 3.63) is 11.4 Å². The Labute approximate surface area is 114 Å². The molecule has 0 aliphatic carbocycles. The zero-order valence-corrected chi connectivity index (χ0v) is 12.0. The fourth-order valence-corrected chi connectivity index (χ4v) is 4.07. The van der Waals surface area contributed by atoms with Crippen LogP contribution < -0.4 is 5.32 Å². The molecule has 0 amide bonds. The number of thiophene rings is 1. The summed E-state index contributed by atoms with van der Waals surface area (Å²) in [5.41, 5.74) is 0. The Hall–Kier alpha value is -0.850. The average molecular weight is 281 g/mol. The van der Waals surface area contributed by atoms with Crippen LogP contribution in [0.3, 0.4) is 0 Å². The lowest BCUT2D eigenvalue weighted by molar-refractivity contribution is 0.127. The molecule has 0 bridgehead atoms. The first-order valence-corrected chi connectivity index (χ1v) is 7.75. The van der Waals surface area contributed by atoms with Crippen LogP contribution in [0.1, 0.15) is 13.3 Å². The third-order valence-electron chi connectivity index (χ3n) is 3.08. The number of hydrogen-bond donors (Lipinski definition) is 1. The second-order valence-corrected chi connectivity index (χ2v) is 6.39. The van der Waals surface area contributed by atoms with Gasteiger partial charge in [-0.2, -0.15) is 0 Å². The lowest BCUT2D eigenvalue weighted by atomic mass is 10.3. The maximum Gasteiger partial charge on any atom is 0.224 e. The van der Waals surface area contributed by atoms with Crippen LogP contribution in [-0.4, -0.2) is 35.0 Å². The van der Waals surface area contributed by atoms with Gasteiger partial charge in [0, 0.05) is 24.3 Å². The Morgan fingerprint density at radius 1 is 1.50 bits per heavy atom.